The number of phenolic OH excluding ortho intramolecular Hbond substituents is 1. The van der Waals surface area contributed by atoms with Crippen LogP contribution in [0.1, 0.15) is 40.2 Å². The average molecular weight is 413 g/mol. The van der Waals surface area contributed by atoms with Crippen molar-refractivity contribution in [3.05, 3.63) is 80.5 Å². The van der Waals surface area contributed by atoms with E-state index in [1.54, 1.807) is 30.6 Å². The Labute approximate surface area is 173 Å². The summed E-state index contributed by atoms with van der Waals surface area (Å²) in [5.74, 6) is 1.05. The number of aryl methyl sites for hydroxylation is 1. The molecule has 0 saturated carbocycles. The Hall–Kier alpha value is -2.34. The zero-order valence-corrected chi connectivity index (χ0v) is 17.2. The predicted molar refractivity (Wildman–Crippen MR) is 115 cm³/mol. The van der Waals surface area contributed by atoms with E-state index in [9.17, 15) is 5.11 Å². The molecule has 28 heavy (non-hydrogen) atoms. The highest BCUT2D eigenvalue weighted by atomic mass is 35.5. The van der Waals surface area contributed by atoms with E-state index in [1.165, 1.54) is 10.4 Å². The van der Waals surface area contributed by atoms with Crippen LogP contribution >= 0.6 is 22.9 Å². The molecule has 3 aromatic rings. The highest BCUT2D eigenvalue weighted by Gasteiger charge is 2.29. The van der Waals surface area contributed by atoms with Crippen molar-refractivity contribution in [2.24, 2.45) is 4.99 Å². The Morgan fingerprint density at radius 2 is 1.96 bits per heavy atom. The molecule has 0 saturated heterocycles. The summed E-state index contributed by atoms with van der Waals surface area (Å²) < 4.78 is 5.27. The lowest BCUT2D eigenvalue weighted by atomic mass is 9.94. The van der Waals surface area contributed by atoms with Gasteiger partial charge in [0.1, 0.15) is 17.7 Å². The standard InChI is InChI=1S/C22H21ClN2O2S/c1-13-9-10-28-21(13)22-24-18(14-3-6-16(27-2)7-4-14)12-19(25-22)17-11-15(23)5-8-20(17)26/h3-11,19,22,25-26H,12H2,1-2H3/t19-,22-/m1/s1. The number of methoxy groups -OCH3 is 1. The summed E-state index contributed by atoms with van der Waals surface area (Å²) in [4.78, 5) is 6.18. The van der Waals surface area contributed by atoms with Crippen LogP contribution in [0.2, 0.25) is 5.02 Å². The van der Waals surface area contributed by atoms with Crippen LogP contribution in [-0.2, 0) is 0 Å². The average Bonchev–Trinajstić information content (AvgIpc) is 3.15. The molecule has 0 aliphatic carbocycles. The normalized spacial score (nSPS) is 19.3. The fourth-order valence-electron chi connectivity index (χ4n) is 3.47. The number of aliphatic imine (C=N–C) groups is 1. The number of nitrogens with zero attached hydrogens (tertiary/aromatic N) is 1. The minimum Gasteiger partial charge on any atom is -0.508 e. The molecule has 4 rings (SSSR count). The summed E-state index contributed by atoms with van der Waals surface area (Å²) in [6, 6.07) is 15.1. The Kier molecular flexibility index (Phi) is 5.40. The number of aromatic hydroxyl groups is 1. The molecule has 0 unspecified atom stereocenters. The molecule has 2 N–H and O–H groups in total. The number of hydrogen-bond donors (Lipinski definition) is 2. The van der Waals surface area contributed by atoms with E-state index in [0.717, 1.165) is 22.6 Å². The summed E-state index contributed by atoms with van der Waals surface area (Å²) in [7, 11) is 1.66. The molecule has 0 spiro atoms. The highest BCUT2D eigenvalue weighted by molar-refractivity contribution is 7.10. The Balaban J connectivity index is 1.75. The molecule has 1 aliphatic heterocycles. The van der Waals surface area contributed by atoms with E-state index >= 15 is 0 Å². The summed E-state index contributed by atoms with van der Waals surface area (Å²) >= 11 is 7.89. The largest absolute Gasteiger partial charge is 0.508 e. The van der Waals surface area contributed by atoms with Gasteiger partial charge in [0.15, 0.2) is 0 Å². The SMILES string of the molecule is COc1ccc(C2=N[C@@H](c3sccc3C)N[C@@H](c3cc(Cl)ccc3O)C2)cc1. The Morgan fingerprint density at radius 1 is 1.18 bits per heavy atom. The summed E-state index contributed by atoms with van der Waals surface area (Å²) in [6.45, 7) is 2.09. The van der Waals surface area contributed by atoms with E-state index < -0.39 is 0 Å². The van der Waals surface area contributed by atoms with Crippen molar-refractivity contribution in [2.45, 2.75) is 25.6 Å². The minimum atomic E-state index is -0.172. The first-order valence-electron chi connectivity index (χ1n) is 9.04. The van der Waals surface area contributed by atoms with Gasteiger partial charge in [0, 0.05) is 33.6 Å². The van der Waals surface area contributed by atoms with Crippen LogP contribution < -0.4 is 10.1 Å². The van der Waals surface area contributed by atoms with Crippen molar-refractivity contribution in [1.82, 2.24) is 5.32 Å². The number of benzene rings is 2. The molecule has 0 fully saturated rings. The molecule has 2 heterocycles. The number of hydrogen-bond acceptors (Lipinski definition) is 5. The first kappa shape index (κ1) is 19.0. The summed E-state index contributed by atoms with van der Waals surface area (Å²) in [5.41, 5.74) is 4.03. The van der Waals surface area contributed by atoms with Crippen molar-refractivity contribution >= 4 is 28.6 Å². The lowest BCUT2D eigenvalue weighted by molar-refractivity contribution is 0.413. The van der Waals surface area contributed by atoms with E-state index in [2.05, 4.69) is 23.7 Å². The number of halogens is 1. The molecule has 144 valence electrons. The maximum atomic E-state index is 10.4. The molecular formula is C22H21ClN2O2S. The van der Waals surface area contributed by atoms with Crippen LogP contribution in [0.3, 0.4) is 0 Å². The molecule has 0 amide bonds. The van der Waals surface area contributed by atoms with Crippen LogP contribution in [-0.4, -0.2) is 17.9 Å². The van der Waals surface area contributed by atoms with E-state index in [1.807, 2.05) is 30.3 Å². The molecule has 0 radical (unpaired) electrons. The van der Waals surface area contributed by atoms with Crippen LogP contribution in [0, 0.1) is 6.92 Å². The molecule has 2 atom stereocenters. The van der Waals surface area contributed by atoms with Crippen molar-refractivity contribution in [1.29, 1.82) is 0 Å². The molecule has 1 aromatic heterocycles. The summed E-state index contributed by atoms with van der Waals surface area (Å²) in [5, 5.41) is 16.7. The van der Waals surface area contributed by atoms with Gasteiger partial charge in [0.25, 0.3) is 0 Å². The fraction of sp³-hybridized carbons (Fsp3) is 0.227. The molecule has 1 aliphatic rings. The highest BCUT2D eigenvalue weighted by Crippen LogP contribution is 2.37. The molecule has 6 heteroatoms. The predicted octanol–water partition coefficient (Wildman–Crippen LogP) is 5.65. The molecule has 2 aromatic carbocycles. The van der Waals surface area contributed by atoms with E-state index in [4.69, 9.17) is 21.3 Å². The van der Waals surface area contributed by atoms with Gasteiger partial charge in [0.05, 0.1) is 7.11 Å². The second kappa shape index (κ2) is 7.95. The van der Waals surface area contributed by atoms with Crippen LogP contribution in [0.25, 0.3) is 0 Å². The van der Waals surface area contributed by atoms with Gasteiger partial charge in [0.2, 0.25) is 0 Å². The van der Waals surface area contributed by atoms with Gasteiger partial charge < -0.3 is 9.84 Å². The molecule has 4 nitrogen and oxygen atoms in total. The van der Waals surface area contributed by atoms with E-state index in [-0.39, 0.29) is 18.0 Å². The Bertz CT molecular complexity index is 1010. The van der Waals surface area contributed by atoms with Crippen molar-refractivity contribution in [3.8, 4) is 11.5 Å². The number of thiophene rings is 1. The number of rotatable bonds is 4. The number of phenols is 1. The van der Waals surface area contributed by atoms with Crippen LogP contribution in [0.15, 0.2) is 58.9 Å². The van der Waals surface area contributed by atoms with Gasteiger partial charge in [-0.15, -0.1) is 11.3 Å². The zero-order chi connectivity index (χ0) is 19.7. The van der Waals surface area contributed by atoms with Crippen molar-refractivity contribution < 1.29 is 9.84 Å². The van der Waals surface area contributed by atoms with Gasteiger partial charge in [-0.25, -0.2) is 0 Å². The van der Waals surface area contributed by atoms with Gasteiger partial charge in [-0.05, 0) is 72.0 Å². The third kappa shape index (κ3) is 3.78. The van der Waals surface area contributed by atoms with Gasteiger partial charge >= 0.3 is 0 Å². The fourth-order valence-corrected chi connectivity index (χ4v) is 4.57. The second-order valence-electron chi connectivity index (χ2n) is 6.80. The van der Waals surface area contributed by atoms with Crippen molar-refractivity contribution in [2.75, 3.05) is 7.11 Å². The van der Waals surface area contributed by atoms with Gasteiger partial charge in [-0.2, -0.15) is 0 Å². The third-order valence-electron chi connectivity index (χ3n) is 4.98. The van der Waals surface area contributed by atoms with Gasteiger partial charge in [-0.1, -0.05) is 11.6 Å². The van der Waals surface area contributed by atoms with Crippen molar-refractivity contribution in [3.63, 3.8) is 0 Å². The zero-order valence-electron chi connectivity index (χ0n) is 15.6. The number of nitrogens with one attached hydrogen (secondary N) is 1. The lowest BCUT2D eigenvalue weighted by Gasteiger charge is -2.30. The summed E-state index contributed by atoms with van der Waals surface area (Å²) in [6.07, 6.45) is 0.482. The second-order valence-corrected chi connectivity index (χ2v) is 8.19. The third-order valence-corrected chi connectivity index (χ3v) is 6.29. The van der Waals surface area contributed by atoms with Crippen LogP contribution in [0.5, 0.6) is 11.5 Å². The lowest BCUT2D eigenvalue weighted by Crippen LogP contribution is -2.33. The first-order valence-corrected chi connectivity index (χ1v) is 10.3. The smallest absolute Gasteiger partial charge is 0.135 e. The first-order chi connectivity index (χ1) is 13.5. The Morgan fingerprint density at radius 3 is 2.64 bits per heavy atom. The molecular weight excluding hydrogens is 392 g/mol. The maximum Gasteiger partial charge on any atom is 0.135 e. The van der Waals surface area contributed by atoms with Gasteiger partial charge in [-0.3, -0.25) is 10.3 Å². The topological polar surface area (TPSA) is 53.8 Å². The number of ether oxygens (including phenoxy) is 1. The maximum absolute atomic E-state index is 10.4. The quantitative estimate of drug-likeness (QED) is 0.582. The monoisotopic (exact) mass is 412 g/mol. The minimum absolute atomic E-state index is 0.0974. The molecule has 0 bridgehead atoms. The van der Waals surface area contributed by atoms with E-state index in [0.29, 0.717) is 11.4 Å². The van der Waals surface area contributed by atoms with Crippen LogP contribution in [0.4, 0.5) is 0 Å².